The Kier molecular flexibility index (Phi) is 3.37. The van der Waals surface area contributed by atoms with Gasteiger partial charge in [-0.05, 0) is 43.0 Å². The first-order valence-corrected chi connectivity index (χ1v) is 5.90. The summed E-state index contributed by atoms with van der Waals surface area (Å²) in [5.74, 6) is -1.33. The lowest BCUT2D eigenvalue weighted by Crippen LogP contribution is -2.23. The maximum Gasteiger partial charge on any atom is 0.340 e. The number of aliphatic hydroxyl groups is 1. The van der Waals surface area contributed by atoms with Gasteiger partial charge in [0.1, 0.15) is 11.5 Å². The van der Waals surface area contributed by atoms with Gasteiger partial charge in [-0.25, -0.2) is 13.9 Å². The fourth-order valence-corrected chi connectivity index (χ4v) is 2.03. The van der Waals surface area contributed by atoms with Gasteiger partial charge in [0.05, 0.1) is 12.7 Å². The second kappa shape index (κ2) is 4.64. The predicted molar refractivity (Wildman–Crippen MR) is 60.9 cm³/mol. The highest BCUT2D eigenvalue weighted by Crippen LogP contribution is 2.35. The third kappa shape index (κ3) is 2.96. The zero-order valence-corrected chi connectivity index (χ0v) is 10.0. The number of halogens is 1. The van der Waals surface area contributed by atoms with Crippen molar-refractivity contribution in [3.63, 3.8) is 0 Å². The van der Waals surface area contributed by atoms with E-state index in [4.69, 9.17) is 0 Å². The molecular formula is C11H12FNO3S. The van der Waals surface area contributed by atoms with E-state index < -0.39 is 17.5 Å². The van der Waals surface area contributed by atoms with Crippen LogP contribution in [-0.2, 0) is 4.74 Å². The summed E-state index contributed by atoms with van der Waals surface area (Å²) in [5, 5.41) is 9.57. The van der Waals surface area contributed by atoms with Crippen LogP contribution in [0.3, 0.4) is 0 Å². The van der Waals surface area contributed by atoms with Crippen LogP contribution in [-0.4, -0.2) is 23.9 Å². The summed E-state index contributed by atoms with van der Waals surface area (Å²) in [5.41, 5.74) is -0.924. The Balaban J connectivity index is 2.10. The number of nitrogens with one attached hydrogen (secondary N) is 1. The Morgan fingerprint density at radius 1 is 1.59 bits per heavy atom. The van der Waals surface area contributed by atoms with E-state index in [-0.39, 0.29) is 5.56 Å². The van der Waals surface area contributed by atoms with Gasteiger partial charge < -0.3 is 9.84 Å². The maximum atomic E-state index is 13.3. The van der Waals surface area contributed by atoms with E-state index in [1.807, 2.05) is 0 Å². The summed E-state index contributed by atoms with van der Waals surface area (Å²) in [4.78, 5) is 11.9. The molecule has 92 valence electrons. The van der Waals surface area contributed by atoms with Gasteiger partial charge in [-0.1, -0.05) is 0 Å². The fraction of sp³-hybridized carbons (Fsp3) is 0.364. The quantitative estimate of drug-likeness (QED) is 0.488. The molecule has 0 radical (unpaired) electrons. The van der Waals surface area contributed by atoms with Crippen LogP contribution in [0, 0.1) is 5.82 Å². The van der Waals surface area contributed by atoms with Gasteiger partial charge in [0, 0.05) is 4.90 Å². The number of carbonyl (C=O) groups excluding carboxylic acids is 1. The summed E-state index contributed by atoms with van der Waals surface area (Å²) in [6, 6.07) is 4.13. The molecule has 0 heterocycles. The van der Waals surface area contributed by atoms with Crippen molar-refractivity contribution in [3.8, 4) is 0 Å². The fourth-order valence-electron chi connectivity index (χ4n) is 1.21. The van der Waals surface area contributed by atoms with Crippen LogP contribution in [0.1, 0.15) is 23.2 Å². The summed E-state index contributed by atoms with van der Waals surface area (Å²) < 4.78 is 20.6. The van der Waals surface area contributed by atoms with E-state index in [9.17, 15) is 14.3 Å². The van der Waals surface area contributed by atoms with Gasteiger partial charge in [-0.15, -0.1) is 0 Å². The first-order chi connectivity index (χ1) is 8.04. The molecule has 0 spiro atoms. The SMILES string of the molecule is COC(=O)c1cc(SNC2(O)CC2)ccc1F. The van der Waals surface area contributed by atoms with E-state index in [1.165, 1.54) is 37.3 Å². The minimum Gasteiger partial charge on any atom is -0.465 e. The van der Waals surface area contributed by atoms with Crippen LogP contribution in [0.2, 0.25) is 0 Å². The molecule has 0 unspecified atom stereocenters. The normalized spacial score (nSPS) is 16.6. The molecule has 2 N–H and O–H groups in total. The Morgan fingerprint density at radius 3 is 2.88 bits per heavy atom. The van der Waals surface area contributed by atoms with Crippen LogP contribution >= 0.6 is 11.9 Å². The number of methoxy groups -OCH3 is 1. The number of hydrogen-bond donors (Lipinski definition) is 2. The van der Waals surface area contributed by atoms with Gasteiger partial charge in [0.2, 0.25) is 0 Å². The van der Waals surface area contributed by atoms with Gasteiger partial charge in [-0.2, -0.15) is 0 Å². The van der Waals surface area contributed by atoms with Crippen LogP contribution in [0.5, 0.6) is 0 Å². The van der Waals surface area contributed by atoms with E-state index in [0.29, 0.717) is 17.7 Å². The monoisotopic (exact) mass is 257 g/mol. The summed E-state index contributed by atoms with van der Waals surface area (Å²) >= 11 is 1.17. The molecule has 2 rings (SSSR count). The number of esters is 1. The highest BCUT2D eigenvalue weighted by atomic mass is 32.2. The van der Waals surface area contributed by atoms with E-state index in [2.05, 4.69) is 9.46 Å². The third-order valence-corrected chi connectivity index (χ3v) is 3.40. The van der Waals surface area contributed by atoms with Crippen LogP contribution in [0.25, 0.3) is 0 Å². The molecule has 1 fully saturated rings. The topological polar surface area (TPSA) is 58.6 Å². The number of rotatable bonds is 4. The van der Waals surface area contributed by atoms with Crippen LogP contribution in [0.15, 0.2) is 23.1 Å². The van der Waals surface area contributed by atoms with Gasteiger partial charge in [-0.3, -0.25) is 0 Å². The lowest BCUT2D eigenvalue weighted by molar-refractivity contribution is 0.0595. The molecule has 4 nitrogen and oxygen atoms in total. The minimum atomic E-state index is -0.815. The molecule has 17 heavy (non-hydrogen) atoms. The van der Waals surface area contributed by atoms with Gasteiger partial charge in [0.25, 0.3) is 0 Å². The Morgan fingerprint density at radius 2 is 2.29 bits per heavy atom. The van der Waals surface area contributed by atoms with Crippen molar-refractivity contribution in [3.05, 3.63) is 29.6 Å². The standard InChI is InChI=1S/C11H12FNO3S/c1-16-10(14)8-6-7(2-3-9(8)12)17-13-11(15)4-5-11/h2-3,6,13,15H,4-5H2,1H3. The molecule has 0 aliphatic heterocycles. The molecular weight excluding hydrogens is 245 g/mol. The number of ether oxygens (including phenoxy) is 1. The minimum absolute atomic E-state index is 0.109. The first kappa shape index (κ1) is 12.3. The largest absolute Gasteiger partial charge is 0.465 e. The van der Waals surface area contributed by atoms with Crippen molar-refractivity contribution in [1.29, 1.82) is 0 Å². The molecule has 0 amide bonds. The Bertz CT molecular complexity index is 448. The number of carbonyl (C=O) groups is 1. The van der Waals surface area contributed by atoms with E-state index in [1.54, 1.807) is 0 Å². The van der Waals surface area contributed by atoms with Crippen LogP contribution in [0.4, 0.5) is 4.39 Å². The van der Waals surface area contributed by atoms with E-state index >= 15 is 0 Å². The van der Waals surface area contributed by atoms with Gasteiger partial charge >= 0.3 is 5.97 Å². The van der Waals surface area contributed by atoms with E-state index in [0.717, 1.165) is 0 Å². The molecule has 1 aromatic rings. The van der Waals surface area contributed by atoms with Crippen molar-refractivity contribution in [2.75, 3.05) is 7.11 Å². The highest BCUT2D eigenvalue weighted by molar-refractivity contribution is 7.97. The van der Waals surface area contributed by atoms with Crippen molar-refractivity contribution in [2.24, 2.45) is 0 Å². The summed E-state index contributed by atoms with van der Waals surface area (Å²) in [7, 11) is 1.20. The van der Waals surface area contributed by atoms with Crippen molar-refractivity contribution in [1.82, 2.24) is 4.72 Å². The molecule has 0 atom stereocenters. The first-order valence-electron chi connectivity index (χ1n) is 5.08. The number of benzene rings is 1. The Labute approximate surface area is 102 Å². The molecule has 0 saturated heterocycles. The smallest absolute Gasteiger partial charge is 0.340 e. The van der Waals surface area contributed by atoms with Crippen LogP contribution < -0.4 is 4.72 Å². The molecule has 0 aromatic heterocycles. The molecule has 0 bridgehead atoms. The second-order valence-electron chi connectivity index (χ2n) is 3.87. The van der Waals surface area contributed by atoms with Gasteiger partial charge in [0.15, 0.2) is 0 Å². The second-order valence-corrected chi connectivity index (χ2v) is 4.75. The average molecular weight is 257 g/mol. The highest BCUT2D eigenvalue weighted by Gasteiger charge is 2.40. The molecule has 6 heteroatoms. The zero-order valence-electron chi connectivity index (χ0n) is 9.20. The zero-order chi connectivity index (χ0) is 12.5. The Hall–Kier alpha value is -1.11. The summed E-state index contributed by atoms with van der Waals surface area (Å²) in [6.07, 6.45) is 1.40. The summed E-state index contributed by atoms with van der Waals surface area (Å²) in [6.45, 7) is 0. The molecule has 1 saturated carbocycles. The van der Waals surface area contributed by atoms with Crippen molar-refractivity contribution >= 4 is 17.9 Å². The average Bonchev–Trinajstić information content (AvgIpc) is 3.06. The number of hydrogen-bond acceptors (Lipinski definition) is 5. The maximum absolute atomic E-state index is 13.3. The molecule has 1 aliphatic rings. The molecule has 1 aliphatic carbocycles. The third-order valence-electron chi connectivity index (χ3n) is 2.43. The lowest BCUT2D eigenvalue weighted by Gasteiger charge is -2.10. The predicted octanol–water partition coefficient (Wildman–Crippen LogP) is 1.69. The van der Waals surface area contributed by atoms with Crippen molar-refractivity contribution in [2.45, 2.75) is 23.5 Å². The molecule has 1 aromatic carbocycles. The van der Waals surface area contributed by atoms with Crippen molar-refractivity contribution < 1.29 is 19.0 Å². The lowest BCUT2D eigenvalue weighted by atomic mass is 10.2.